The predicted octanol–water partition coefficient (Wildman–Crippen LogP) is 1.60. The monoisotopic (exact) mass is 289 g/mol. The zero-order valence-corrected chi connectivity index (χ0v) is 12.9. The summed E-state index contributed by atoms with van der Waals surface area (Å²) in [6, 6.07) is 0.601. The lowest BCUT2D eigenvalue weighted by molar-refractivity contribution is 0.0135. The van der Waals surface area contributed by atoms with Gasteiger partial charge >= 0.3 is 0 Å². The fourth-order valence-corrected chi connectivity index (χ4v) is 2.03. The number of nitrogens with one attached hydrogen (secondary N) is 1. The number of ether oxygens (including phenoxy) is 4. The Bertz CT molecular complexity index is 198. The second-order valence-electron chi connectivity index (χ2n) is 5.03. The van der Waals surface area contributed by atoms with E-state index >= 15 is 0 Å². The van der Waals surface area contributed by atoms with Crippen LogP contribution in [0.15, 0.2) is 0 Å². The van der Waals surface area contributed by atoms with Crippen molar-refractivity contribution in [3.8, 4) is 0 Å². The first-order valence-corrected chi connectivity index (χ1v) is 7.98. The molecule has 1 rings (SSSR count). The zero-order valence-electron chi connectivity index (χ0n) is 12.9. The van der Waals surface area contributed by atoms with E-state index in [4.69, 9.17) is 18.9 Å². The van der Waals surface area contributed by atoms with E-state index in [1.165, 1.54) is 6.42 Å². The Morgan fingerprint density at radius 3 is 2.15 bits per heavy atom. The van der Waals surface area contributed by atoms with Gasteiger partial charge in [-0.3, -0.25) is 0 Å². The van der Waals surface area contributed by atoms with E-state index in [2.05, 4.69) is 12.2 Å². The van der Waals surface area contributed by atoms with Crippen LogP contribution in [0.1, 0.15) is 32.6 Å². The third-order valence-corrected chi connectivity index (χ3v) is 3.29. The fourth-order valence-electron chi connectivity index (χ4n) is 2.03. The Balaban J connectivity index is 1.70. The van der Waals surface area contributed by atoms with Gasteiger partial charge < -0.3 is 24.3 Å². The molecule has 0 aliphatic carbocycles. The minimum Gasteiger partial charge on any atom is -0.381 e. The minimum atomic E-state index is 0.601. The van der Waals surface area contributed by atoms with Gasteiger partial charge in [0.25, 0.3) is 0 Å². The van der Waals surface area contributed by atoms with Crippen molar-refractivity contribution in [2.75, 3.05) is 59.4 Å². The van der Waals surface area contributed by atoms with Crippen molar-refractivity contribution in [2.45, 2.75) is 38.6 Å². The molecule has 0 saturated carbocycles. The van der Waals surface area contributed by atoms with Crippen LogP contribution in [0.3, 0.4) is 0 Å². The van der Waals surface area contributed by atoms with Crippen LogP contribution >= 0.6 is 0 Å². The van der Waals surface area contributed by atoms with E-state index in [1.54, 1.807) is 0 Å². The summed E-state index contributed by atoms with van der Waals surface area (Å²) < 4.78 is 21.6. The first-order valence-electron chi connectivity index (χ1n) is 7.98. The Kier molecular flexibility index (Phi) is 12.3. The highest BCUT2D eigenvalue weighted by atomic mass is 16.5. The van der Waals surface area contributed by atoms with Crippen molar-refractivity contribution in [1.29, 1.82) is 0 Å². The SMILES string of the molecule is CCCCOCCOCCOCCNC1CCOCC1. The first-order chi connectivity index (χ1) is 9.93. The number of unbranched alkanes of at least 4 members (excludes halogenated alkanes) is 1. The molecule has 0 bridgehead atoms. The van der Waals surface area contributed by atoms with Gasteiger partial charge in [-0.2, -0.15) is 0 Å². The third-order valence-electron chi connectivity index (χ3n) is 3.29. The molecule has 1 N–H and O–H groups in total. The molecule has 0 aromatic rings. The van der Waals surface area contributed by atoms with E-state index in [0.717, 1.165) is 52.2 Å². The molecule has 120 valence electrons. The molecule has 0 radical (unpaired) electrons. The lowest BCUT2D eigenvalue weighted by Crippen LogP contribution is -2.36. The van der Waals surface area contributed by atoms with E-state index < -0.39 is 0 Å². The quantitative estimate of drug-likeness (QED) is 0.522. The molecule has 20 heavy (non-hydrogen) atoms. The smallest absolute Gasteiger partial charge is 0.0701 e. The molecule has 1 aliphatic rings. The van der Waals surface area contributed by atoms with Gasteiger partial charge in [-0.15, -0.1) is 0 Å². The molecule has 0 spiro atoms. The van der Waals surface area contributed by atoms with Gasteiger partial charge in [-0.05, 0) is 19.3 Å². The van der Waals surface area contributed by atoms with Crippen molar-refractivity contribution in [1.82, 2.24) is 5.32 Å². The van der Waals surface area contributed by atoms with Crippen LogP contribution in [0, 0.1) is 0 Å². The van der Waals surface area contributed by atoms with E-state index in [1.807, 2.05) is 0 Å². The highest BCUT2D eigenvalue weighted by molar-refractivity contribution is 4.69. The van der Waals surface area contributed by atoms with Crippen molar-refractivity contribution < 1.29 is 18.9 Å². The maximum Gasteiger partial charge on any atom is 0.0701 e. The number of hydrogen-bond donors (Lipinski definition) is 1. The molecule has 5 heteroatoms. The zero-order chi connectivity index (χ0) is 14.3. The average Bonchev–Trinajstić information content (AvgIpc) is 2.49. The third kappa shape index (κ3) is 10.6. The summed E-state index contributed by atoms with van der Waals surface area (Å²) >= 11 is 0. The second kappa shape index (κ2) is 13.8. The van der Waals surface area contributed by atoms with E-state index in [0.29, 0.717) is 32.5 Å². The van der Waals surface area contributed by atoms with Crippen molar-refractivity contribution in [3.63, 3.8) is 0 Å². The molecule has 0 unspecified atom stereocenters. The maximum atomic E-state index is 5.51. The molecular formula is C15H31NO4. The normalized spacial score (nSPS) is 16.6. The summed E-state index contributed by atoms with van der Waals surface area (Å²) in [7, 11) is 0. The summed E-state index contributed by atoms with van der Waals surface area (Å²) in [6.07, 6.45) is 4.53. The molecule has 0 amide bonds. The van der Waals surface area contributed by atoms with Crippen molar-refractivity contribution in [3.05, 3.63) is 0 Å². The molecule has 1 aliphatic heterocycles. The van der Waals surface area contributed by atoms with Crippen LogP contribution < -0.4 is 5.32 Å². The number of rotatable bonds is 13. The average molecular weight is 289 g/mol. The van der Waals surface area contributed by atoms with Crippen molar-refractivity contribution in [2.24, 2.45) is 0 Å². The van der Waals surface area contributed by atoms with E-state index in [9.17, 15) is 0 Å². The van der Waals surface area contributed by atoms with Gasteiger partial charge in [0.2, 0.25) is 0 Å². The predicted molar refractivity (Wildman–Crippen MR) is 79.2 cm³/mol. The standard InChI is InChI=1S/C15H31NO4/c1-2-3-7-17-11-13-20-14-12-19-10-6-16-15-4-8-18-9-5-15/h15-16H,2-14H2,1H3. The van der Waals surface area contributed by atoms with Gasteiger partial charge in [-0.25, -0.2) is 0 Å². The number of hydrogen-bond acceptors (Lipinski definition) is 5. The molecule has 0 atom stereocenters. The van der Waals surface area contributed by atoms with Gasteiger partial charge in [0.1, 0.15) is 0 Å². The summed E-state index contributed by atoms with van der Waals surface area (Å²) in [5.41, 5.74) is 0. The van der Waals surface area contributed by atoms with Crippen molar-refractivity contribution >= 4 is 0 Å². The first kappa shape index (κ1) is 17.9. The molecule has 1 fully saturated rings. The Morgan fingerprint density at radius 2 is 1.50 bits per heavy atom. The van der Waals surface area contributed by atoms with Gasteiger partial charge in [0.05, 0.1) is 33.0 Å². The van der Waals surface area contributed by atoms with Crippen LogP contribution in [0.2, 0.25) is 0 Å². The van der Waals surface area contributed by atoms with Crippen LogP contribution in [-0.4, -0.2) is 65.4 Å². The molecular weight excluding hydrogens is 258 g/mol. The summed E-state index contributed by atoms with van der Waals surface area (Å²) in [4.78, 5) is 0. The Labute approximate surface area is 123 Å². The largest absolute Gasteiger partial charge is 0.381 e. The van der Waals surface area contributed by atoms with Crippen LogP contribution in [0.5, 0.6) is 0 Å². The Hall–Kier alpha value is -0.200. The van der Waals surface area contributed by atoms with Gasteiger partial charge in [0, 0.05) is 32.4 Å². The van der Waals surface area contributed by atoms with Gasteiger partial charge in [0.15, 0.2) is 0 Å². The lowest BCUT2D eigenvalue weighted by atomic mass is 10.1. The molecule has 5 nitrogen and oxygen atoms in total. The molecule has 1 heterocycles. The summed E-state index contributed by atoms with van der Waals surface area (Å²) in [6.45, 7) is 9.07. The summed E-state index contributed by atoms with van der Waals surface area (Å²) in [5.74, 6) is 0. The highest BCUT2D eigenvalue weighted by Crippen LogP contribution is 2.05. The Morgan fingerprint density at radius 1 is 0.900 bits per heavy atom. The highest BCUT2D eigenvalue weighted by Gasteiger charge is 2.11. The minimum absolute atomic E-state index is 0.601. The summed E-state index contributed by atoms with van der Waals surface area (Å²) in [5, 5.41) is 3.49. The maximum absolute atomic E-state index is 5.51. The molecule has 0 aromatic carbocycles. The van der Waals surface area contributed by atoms with Crippen LogP contribution in [0.25, 0.3) is 0 Å². The molecule has 0 aromatic heterocycles. The fraction of sp³-hybridized carbons (Fsp3) is 1.00. The second-order valence-corrected chi connectivity index (χ2v) is 5.03. The topological polar surface area (TPSA) is 49.0 Å². The van der Waals surface area contributed by atoms with Gasteiger partial charge in [-0.1, -0.05) is 13.3 Å². The van der Waals surface area contributed by atoms with E-state index in [-0.39, 0.29) is 0 Å². The van der Waals surface area contributed by atoms with Crippen LogP contribution in [-0.2, 0) is 18.9 Å². The van der Waals surface area contributed by atoms with Crippen LogP contribution in [0.4, 0.5) is 0 Å². The molecule has 1 saturated heterocycles. The lowest BCUT2D eigenvalue weighted by Gasteiger charge is -2.23.